The van der Waals surface area contributed by atoms with Gasteiger partial charge in [0.15, 0.2) is 0 Å². The molecule has 1 atom stereocenters. The number of carbonyl (C=O) groups excluding carboxylic acids is 1. The zero-order valence-corrected chi connectivity index (χ0v) is 20.9. The van der Waals surface area contributed by atoms with E-state index in [0.29, 0.717) is 0 Å². The third-order valence-corrected chi connectivity index (χ3v) is 6.65. The lowest BCUT2D eigenvalue weighted by Crippen LogP contribution is -2.31. The van der Waals surface area contributed by atoms with Gasteiger partial charge in [-0.2, -0.15) is 0 Å². The van der Waals surface area contributed by atoms with E-state index in [-0.39, 0.29) is 5.92 Å². The molecule has 0 fully saturated rings. The molecule has 0 aliphatic rings. The van der Waals surface area contributed by atoms with Crippen LogP contribution in [-0.4, -0.2) is 5.97 Å². The monoisotopic (exact) mass is 423 g/mol. The van der Waals surface area contributed by atoms with E-state index in [2.05, 4.69) is 13.8 Å². The molecule has 0 aromatic rings. The van der Waals surface area contributed by atoms with Crippen LogP contribution >= 0.6 is 0 Å². The van der Waals surface area contributed by atoms with Crippen LogP contribution < -0.4 is 5.11 Å². The highest BCUT2D eigenvalue weighted by Crippen LogP contribution is 2.19. The van der Waals surface area contributed by atoms with Gasteiger partial charge in [-0.25, -0.2) is 0 Å². The van der Waals surface area contributed by atoms with Crippen LogP contribution in [0.15, 0.2) is 0 Å². The van der Waals surface area contributed by atoms with Gasteiger partial charge in [-0.3, -0.25) is 0 Å². The highest BCUT2D eigenvalue weighted by atomic mass is 16.4. The van der Waals surface area contributed by atoms with Crippen molar-refractivity contribution in [1.82, 2.24) is 0 Å². The second-order valence-electron chi connectivity index (χ2n) is 9.66. The number of hydrogen-bond donors (Lipinski definition) is 0. The third-order valence-electron chi connectivity index (χ3n) is 6.65. The average molecular weight is 424 g/mol. The molecule has 2 nitrogen and oxygen atoms in total. The molecule has 0 saturated carbocycles. The molecule has 0 bridgehead atoms. The van der Waals surface area contributed by atoms with Crippen molar-refractivity contribution in [3.8, 4) is 0 Å². The lowest BCUT2D eigenvalue weighted by Gasteiger charge is -2.17. The van der Waals surface area contributed by atoms with Crippen molar-refractivity contribution in [3.63, 3.8) is 0 Å². The summed E-state index contributed by atoms with van der Waals surface area (Å²) >= 11 is 0. The van der Waals surface area contributed by atoms with Gasteiger partial charge in [0.1, 0.15) is 0 Å². The molecule has 0 aromatic carbocycles. The van der Waals surface area contributed by atoms with Gasteiger partial charge in [0.05, 0.1) is 0 Å². The molecule has 0 aromatic heterocycles. The predicted octanol–water partition coefficient (Wildman–Crippen LogP) is 8.75. The first-order valence-electron chi connectivity index (χ1n) is 13.9. The van der Waals surface area contributed by atoms with Crippen LogP contribution in [0.1, 0.15) is 168 Å². The fourth-order valence-electron chi connectivity index (χ4n) is 4.49. The first-order valence-corrected chi connectivity index (χ1v) is 13.9. The molecule has 0 saturated heterocycles. The number of carbonyl (C=O) groups is 1. The number of aliphatic carboxylic acids is 1. The molecular weight excluding hydrogens is 368 g/mol. The van der Waals surface area contributed by atoms with E-state index in [9.17, 15) is 9.90 Å². The predicted molar refractivity (Wildman–Crippen MR) is 131 cm³/mol. The largest absolute Gasteiger partial charge is 0.550 e. The first kappa shape index (κ1) is 29.5. The van der Waals surface area contributed by atoms with Gasteiger partial charge in [0, 0.05) is 5.97 Å². The van der Waals surface area contributed by atoms with Crippen molar-refractivity contribution in [2.24, 2.45) is 5.92 Å². The summed E-state index contributed by atoms with van der Waals surface area (Å²) in [6.45, 7) is 4.53. The number of unbranched alkanes of at least 4 members (excludes halogenated alkanes) is 20. The summed E-state index contributed by atoms with van der Waals surface area (Å²) in [5.74, 6) is -1.02. The molecule has 180 valence electrons. The molecule has 0 aliphatic heterocycles. The number of carboxylic acid groups (broad SMARTS) is 1. The van der Waals surface area contributed by atoms with E-state index in [1.54, 1.807) is 0 Å². The van der Waals surface area contributed by atoms with Gasteiger partial charge in [-0.05, 0) is 18.8 Å². The summed E-state index contributed by atoms with van der Waals surface area (Å²) in [4.78, 5) is 11.4. The maximum absolute atomic E-state index is 11.4. The van der Waals surface area contributed by atoms with Crippen molar-refractivity contribution in [2.75, 3.05) is 0 Å². The topological polar surface area (TPSA) is 40.1 Å². The van der Waals surface area contributed by atoms with Crippen LogP contribution in [0.25, 0.3) is 0 Å². The van der Waals surface area contributed by atoms with E-state index >= 15 is 0 Å². The van der Waals surface area contributed by atoms with Crippen LogP contribution in [0.5, 0.6) is 0 Å². The minimum Gasteiger partial charge on any atom is -0.550 e. The fourth-order valence-corrected chi connectivity index (χ4v) is 4.49. The highest BCUT2D eigenvalue weighted by molar-refractivity contribution is 5.67. The lowest BCUT2D eigenvalue weighted by atomic mass is 9.94. The minimum absolute atomic E-state index is 0.206. The minimum atomic E-state index is -0.811. The number of rotatable bonds is 25. The number of carboxylic acids is 1. The van der Waals surface area contributed by atoms with Crippen molar-refractivity contribution in [1.29, 1.82) is 0 Å². The molecule has 2 heteroatoms. The van der Waals surface area contributed by atoms with Crippen LogP contribution in [0, 0.1) is 5.92 Å². The quantitative estimate of drug-likeness (QED) is 0.138. The van der Waals surface area contributed by atoms with Crippen molar-refractivity contribution in [3.05, 3.63) is 0 Å². The van der Waals surface area contributed by atoms with E-state index in [0.717, 1.165) is 25.7 Å². The van der Waals surface area contributed by atoms with E-state index in [4.69, 9.17) is 0 Å². The third kappa shape index (κ3) is 22.2. The van der Waals surface area contributed by atoms with Gasteiger partial charge < -0.3 is 9.90 Å². The highest BCUT2D eigenvalue weighted by Gasteiger charge is 2.09. The summed E-state index contributed by atoms with van der Waals surface area (Å²) in [5, 5.41) is 11.4. The van der Waals surface area contributed by atoms with Gasteiger partial charge in [-0.15, -0.1) is 0 Å². The van der Waals surface area contributed by atoms with Crippen molar-refractivity contribution in [2.45, 2.75) is 168 Å². The maximum atomic E-state index is 11.4. The molecule has 0 amide bonds. The van der Waals surface area contributed by atoms with Crippen LogP contribution in [0.2, 0.25) is 0 Å². The van der Waals surface area contributed by atoms with Crippen LogP contribution in [0.4, 0.5) is 0 Å². The second kappa shape index (κ2) is 24.7. The number of hydrogen-bond acceptors (Lipinski definition) is 2. The summed E-state index contributed by atoms with van der Waals surface area (Å²) in [6, 6.07) is 0. The molecule has 0 rings (SSSR count). The van der Waals surface area contributed by atoms with Crippen LogP contribution in [-0.2, 0) is 4.79 Å². The zero-order chi connectivity index (χ0) is 22.1. The van der Waals surface area contributed by atoms with E-state index in [1.807, 2.05) is 0 Å². The fraction of sp³-hybridized carbons (Fsp3) is 0.964. The Morgan fingerprint density at radius 1 is 0.467 bits per heavy atom. The Morgan fingerprint density at radius 2 is 0.700 bits per heavy atom. The maximum Gasteiger partial charge on any atom is 0.0445 e. The first-order chi connectivity index (χ1) is 14.7. The molecular formula is C28H55O2-. The summed E-state index contributed by atoms with van der Waals surface area (Å²) in [7, 11) is 0. The Morgan fingerprint density at radius 3 is 0.933 bits per heavy atom. The Labute approximate surface area is 190 Å². The molecule has 1 unspecified atom stereocenters. The molecule has 0 N–H and O–H groups in total. The molecule has 0 radical (unpaired) electrons. The smallest absolute Gasteiger partial charge is 0.0445 e. The van der Waals surface area contributed by atoms with Crippen molar-refractivity contribution >= 4 is 5.97 Å². The normalized spacial score (nSPS) is 12.3. The Balaban J connectivity index is 3.43. The SMILES string of the molecule is CCCCCCCCCCCCCCC(CCCCCCCCCCCC)C(=O)[O-]. The lowest BCUT2D eigenvalue weighted by molar-refractivity contribution is -0.312. The summed E-state index contributed by atoms with van der Waals surface area (Å²) in [6.07, 6.45) is 30.7. The molecule has 0 heterocycles. The van der Waals surface area contributed by atoms with Crippen LogP contribution in [0.3, 0.4) is 0 Å². The zero-order valence-electron chi connectivity index (χ0n) is 20.9. The summed E-state index contributed by atoms with van der Waals surface area (Å²) < 4.78 is 0. The van der Waals surface area contributed by atoms with Gasteiger partial charge in [0.25, 0.3) is 0 Å². The standard InChI is InChI=1S/C28H56O2/c1-3-5-7-9-11-13-15-16-18-20-22-24-26-27(28(29)30)25-23-21-19-17-14-12-10-8-6-4-2/h27H,3-26H2,1-2H3,(H,29,30)/p-1. The second-order valence-corrected chi connectivity index (χ2v) is 9.66. The Hall–Kier alpha value is -0.530. The van der Waals surface area contributed by atoms with E-state index < -0.39 is 5.97 Å². The molecule has 0 spiro atoms. The molecule has 0 aliphatic carbocycles. The van der Waals surface area contributed by atoms with Gasteiger partial charge in [-0.1, -0.05) is 155 Å². The van der Waals surface area contributed by atoms with Gasteiger partial charge >= 0.3 is 0 Å². The molecule has 30 heavy (non-hydrogen) atoms. The van der Waals surface area contributed by atoms with Gasteiger partial charge in [0.2, 0.25) is 0 Å². The van der Waals surface area contributed by atoms with E-state index in [1.165, 1.54) is 128 Å². The Bertz CT molecular complexity index is 340. The van der Waals surface area contributed by atoms with Crippen molar-refractivity contribution < 1.29 is 9.90 Å². The average Bonchev–Trinajstić information content (AvgIpc) is 2.74. The Kier molecular flexibility index (Phi) is 24.3. The summed E-state index contributed by atoms with van der Waals surface area (Å²) in [5.41, 5.74) is 0.